The zero-order valence-electron chi connectivity index (χ0n) is 17.9. The van der Waals surface area contributed by atoms with Crippen LogP contribution in [0, 0.1) is 5.92 Å². The van der Waals surface area contributed by atoms with Gasteiger partial charge in [0.2, 0.25) is 5.91 Å². The van der Waals surface area contributed by atoms with Crippen LogP contribution in [0.2, 0.25) is 0 Å². The molecule has 6 heteroatoms. The van der Waals surface area contributed by atoms with E-state index in [4.69, 9.17) is 9.47 Å². The maximum absolute atomic E-state index is 12.8. The third-order valence-corrected chi connectivity index (χ3v) is 5.68. The zero-order valence-corrected chi connectivity index (χ0v) is 17.9. The summed E-state index contributed by atoms with van der Waals surface area (Å²) in [4.78, 5) is 24.6. The molecule has 2 aromatic rings. The second-order valence-electron chi connectivity index (χ2n) is 8.03. The van der Waals surface area contributed by atoms with Crippen LogP contribution in [0.25, 0.3) is 0 Å². The summed E-state index contributed by atoms with van der Waals surface area (Å²) in [7, 11) is 1.65. The largest absolute Gasteiger partial charge is 0.497 e. The molecule has 6 nitrogen and oxygen atoms in total. The van der Waals surface area contributed by atoms with Gasteiger partial charge < -0.3 is 20.1 Å². The number of amides is 2. The topological polar surface area (TPSA) is 76.7 Å². The Kier molecular flexibility index (Phi) is 7.11. The molecule has 0 radical (unpaired) electrons. The Morgan fingerprint density at radius 2 is 1.67 bits per heavy atom. The Balaban J connectivity index is 1.67. The van der Waals surface area contributed by atoms with Gasteiger partial charge in [0.05, 0.1) is 7.11 Å². The van der Waals surface area contributed by atoms with E-state index in [1.165, 1.54) is 5.56 Å². The lowest BCUT2D eigenvalue weighted by Gasteiger charge is -2.38. The van der Waals surface area contributed by atoms with Crippen LogP contribution in [0.3, 0.4) is 0 Å². The molecule has 1 aliphatic heterocycles. The van der Waals surface area contributed by atoms with Crippen molar-refractivity contribution in [3.8, 4) is 5.75 Å². The zero-order chi connectivity index (χ0) is 21.6. The molecule has 0 atom stereocenters. The van der Waals surface area contributed by atoms with Crippen LogP contribution in [0.4, 0.5) is 5.69 Å². The standard InChI is InChI=1S/C24H30N2O4/c1-17(2)22(27)26-20-8-4-18(5-9-20)23(28)25-16-24(12-14-30-15-13-24)19-6-10-21(29-3)11-7-19/h4-11,17H,12-16H2,1-3H3,(H,25,28)(H,26,27). The van der Waals surface area contributed by atoms with Gasteiger partial charge in [-0.05, 0) is 54.8 Å². The first kappa shape index (κ1) is 21.8. The van der Waals surface area contributed by atoms with Crippen LogP contribution >= 0.6 is 0 Å². The highest BCUT2D eigenvalue weighted by Crippen LogP contribution is 2.35. The molecule has 30 heavy (non-hydrogen) atoms. The molecule has 0 unspecified atom stereocenters. The van der Waals surface area contributed by atoms with Crippen molar-refractivity contribution in [2.24, 2.45) is 5.92 Å². The van der Waals surface area contributed by atoms with Crippen molar-refractivity contribution in [2.75, 3.05) is 32.2 Å². The molecule has 0 aliphatic carbocycles. The van der Waals surface area contributed by atoms with E-state index in [0.29, 0.717) is 31.0 Å². The second kappa shape index (κ2) is 9.76. The molecule has 0 saturated carbocycles. The van der Waals surface area contributed by atoms with Crippen molar-refractivity contribution >= 4 is 17.5 Å². The van der Waals surface area contributed by atoms with Crippen LogP contribution in [0.15, 0.2) is 48.5 Å². The quantitative estimate of drug-likeness (QED) is 0.729. The molecule has 1 fully saturated rings. The summed E-state index contributed by atoms with van der Waals surface area (Å²) in [6.45, 7) is 5.56. The lowest BCUT2D eigenvalue weighted by Crippen LogP contribution is -2.44. The number of rotatable bonds is 7. The molecule has 2 amide bonds. The van der Waals surface area contributed by atoms with Gasteiger partial charge in [-0.15, -0.1) is 0 Å². The Bertz CT molecular complexity index is 854. The smallest absolute Gasteiger partial charge is 0.251 e. The Labute approximate surface area is 178 Å². The summed E-state index contributed by atoms with van der Waals surface area (Å²) in [6, 6.07) is 15.0. The van der Waals surface area contributed by atoms with Gasteiger partial charge in [0, 0.05) is 42.3 Å². The van der Waals surface area contributed by atoms with Gasteiger partial charge in [-0.2, -0.15) is 0 Å². The first-order valence-electron chi connectivity index (χ1n) is 10.3. The normalized spacial score (nSPS) is 15.5. The molecule has 1 aliphatic rings. The predicted octanol–water partition coefficient (Wildman–Crippen LogP) is 3.77. The average molecular weight is 411 g/mol. The fraction of sp³-hybridized carbons (Fsp3) is 0.417. The fourth-order valence-electron chi connectivity index (χ4n) is 3.62. The number of nitrogens with one attached hydrogen (secondary N) is 2. The summed E-state index contributed by atoms with van der Waals surface area (Å²) in [5.74, 6) is 0.542. The number of carbonyl (C=O) groups is 2. The molecule has 3 rings (SSSR count). The fourth-order valence-corrected chi connectivity index (χ4v) is 3.62. The molecule has 0 bridgehead atoms. The van der Waals surface area contributed by atoms with Gasteiger partial charge in [0.1, 0.15) is 5.75 Å². The Morgan fingerprint density at radius 3 is 2.23 bits per heavy atom. The molecule has 0 spiro atoms. The first-order valence-corrected chi connectivity index (χ1v) is 10.3. The van der Waals surface area contributed by atoms with E-state index in [9.17, 15) is 9.59 Å². The molecule has 0 aromatic heterocycles. The van der Waals surface area contributed by atoms with Crippen LogP contribution in [0.1, 0.15) is 42.6 Å². The highest BCUT2D eigenvalue weighted by Gasteiger charge is 2.35. The molecular weight excluding hydrogens is 380 g/mol. The van der Waals surface area contributed by atoms with Crippen LogP contribution in [0.5, 0.6) is 5.75 Å². The minimum Gasteiger partial charge on any atom is -0.497 e. The summed E-state index contributed by atoms with van der Waals surface area (Å²) in [5.41, 5.74) is 2.27. The molecule has 2 N–H and O–H groups in total. The highest BCUT2D eigenvalue weighted by molar-refractivity contribution is 5.96. The Morgan fingerprint density at radius 1 is 1.03 bits per heavy atom. The number of benzene rings is 2. The molecule has 1 heterocycles. The number of ether oxygens (including phenoxy) is 2. The van der Waals surface area contributed by atoms with Crippen molar-refractivity contribution in [2.45, 2.75) is 32.1 Å². The summed E-state index contributed by atoms with van der Waals surface area (Å²) in [5, 5.41) is 5.94. The summed E-state index contributed by atoms with van der Waals surface area (Å²) in [6.07, 6.45) is 1.69. The van der Waals surface area contributed by atoms with E-state index in [0.717, 1.165) is 18.6 Å². The van der Waals surface area contributed by atoms with Crippen molar-refractivity contribution in [1.29, 1.82) is 0 Å². The average Bonchev–Trinajstić information content (AvgIpc) is 2.78. The van der Waals surface area contributed by atoms with Crippen LogP contribution < -0.4 is 15.4 Å². The van der Waals surface area contributed by atoms with Crippen LogP contribution in [-0.2, 0) is 14.9 Å². The summed E-state index contributed by atoms with van der Waals surface area (Å²) < 4.78 is 10.8. The molecule has 1 saturated heterocycles. The number of methoxy groups -OCH3 is 1. The van der Waals surface area contributed by atoms with Gasteiger partial charge in [0.25, 0.3) is 5.91 Å². The molecular formula is C24H30N2O4. The molecule has 160 valence electrons. The van der Waals surface area contributed by atoms with E-state index < -0.39 is 0 Å². The third kappa shape index (κ3) is 5.19. The van der Waals surface area contributed by atoms with Gasteiger partial charge in [-0.25, -0.2) is 0 Å². The number of hydrogen-bond acceptors (Lipinski definition) is 4. The van der Waals surface area contributed by atoms with Gasteiger partial charge in [-0.3, -0.25) is 9.59 Å². The van der Waals surface area contributed by atoms with Crippen molar-refractivity contribution < 1.29 is 19.1 Å². The predicted molar refractivity (Wildman–Crippen MR) is 117 cm³/mol. The van der Waals surface area contributed by atoms with E-state index >= 15 is 0 Å². The number of anilines is 1. The monoisotopic (exact) mass is 410 g/mol. The minimum absolute atomic E-state index is 0.0480. The maximum Gasteiger partial charge on any atom is 0.251 e. The summed E-state index contributed by atoms with van der Waals surface area (Å²) >= 11 is 0. The number of carbonyl (C=O) groups excluding carboxylic acids is 2. The van der Waals surface area contributed by atoms with E-state index in [-0.39, 0.29) is 23.1 Å². The van der Waals surface area contributed by atoms with E-state index in [1.807, 2.05) is 26.0 Å². The van der Waals surface area contributed by atoms with Gasteiger partial charge in [0.15, 0.2) is 0 Å². The highest BCUT2D eigenvalue weighted by atomic mass is 16.5. The van der Waals surface area contributed by atoms with Gasteiger partial charge in [-0.1, -0.05) is 26.0 Å². The van der Waals surface area contributed by atoms with E-state index in [1.54, 1.807) is 31.4 Å². The SMILES string of the molecule is COc1ccc(C2(CNC(=O)c3ccc(NC(=O)C(C)C)cc3)CCOCC2)cc1. The molecule has 2 aromatic carbocycles. The number of hydrogen-bond donors (Lipinski definition) is 2. The van der Waals surface area contributed by atoms with Crippen molar-refractivity contribution in [1.82, 2.24) is 5.32 Å². The lowest BCUT2D eigenvalue weighted by molar-refractivity contribution is -0.118. The Hall–Kier alpha value is -2.86. The minimum atomic E-state index is -0.161. The van der Waals surface area contributed by atoms with E-state index in [2.05, 4.69) is 22.8 Å². The second-order valence-corrected chi connectivity index (χ2v) is 8.03. The van der Waals surface area contributed by atoms with Crippen molar-refractivity contribution in [3.05, 3.63) is 59.7 Å². The van der Waals surface area contributed by atoms with Gasteiger partial charge >= 0.3 is 0 Å². The van der Waals surface area contributed by atoms with Crippen molar-refractivity contribution in [3.63, 3.8) is 0 Å². The lowest BCUT2D eigenvalue weighted by atomic mass is 9.74. The van der Waals surface area contributed by atoms with Crippen LogP contribution in [-0.4, -0.2) is 38.7 Å². The maximum atomic E-state index is 12.8. The third-order valence-electron chi connectivity index (χ3n) is 5.68. The first-order chi connectivity index (χ1) is 14.4.